The molecule has 0 saturated heterocycles. The van der Waals surface area contributed by atoms with Gasteiger partial charge < -0.3 is 10.7 Å². The van der Waals surface area contributed by atoms with E-state index >= 15 is 0 Å². The maximum Gasteiger partial charge on any atom is 0.118 e. The van der Waals surface area contributed by atoms with E-state index in [1.54, 1.807) is 18.1 Å². The molecule has 1 aromatic heterocycles. The normalized spacial score (nSPS) is 9.00. The lowest BCUT2D eigenvalue weighted by Gasteiger charge is -1.98. The van der Waals surface area contributed by atoms with E-state index in [4.69, 9.17) is 5.73 Å². The van der Waals surface area contributed by atoms with Gasteiger partial charge in [-0.15, -0.1) is 36.6 Å². The molecule has 0 aromatic carbocycles. The molecule has 0 aliphatic rings. The second-order valence-electron chi connectivity index (χ2n) is 2.23. The van der Waals surface area contributed by atoms with Crippen molar-refractivity contribution < 1.29 is 0 Å². The van der Waals surface area contributed by atoms with Crippen molar-refractivity contribution in [2.45, 2.75) is 10.8 Å². The van der Waals surface area contributed by atoms with Crippen LogP contribution in [0.3, 0.4) is 0 Å². The fourth-order valence-electron chi connectivity index (χ4n) is 0.845. The van der Waals surface area contributed by atoms with Crippen molar-refractivity contribution in [1.82, 2.24) is 9.97 Å². The molecule has 0 amide bonds. The number of imidazole rings is 1. The molecular formula is C7H15Cl2N3S2. The smallest absolute Gasteiger partial charge is 0.118 e. The molecule has 0 unspecified atom stereocenters. The van der Waals surface area contributed by atoms with Crippen LogP contribution in [0.2, 0.25) is 0 Å². The van der Waals surface area contributed by atoms with Gasteiger partial charge in [-0.2, -0.15) is 11.8 Å². The second kappa shape index (κ2) is 9.98. The molecule has 0 aliphatic heterocycles. The summed E-state index contributed by atoms with van der Waals surface area (Å²) in [4.78, 5) is 7.30. The minimum absolute atomic E-state index is 0. The summed E-state index contributed by atoms with van der Waals surface area (Å²) in [6.45, 7) is 0.743. The van der Waals surface area contributed by atoms with Gasteiger partial charge in [0.05, 0.1) is 12.0 Å². The zero-order valence-corrected chi connectivity index (χ0v) is 11.1. The molecule has 0 spiro atoms. The van der Waals surface area contributed by atoms with Crippen molar-refractivity contribution in [2.24, 2.45) is 5.73 Å². The first-order chi connectivity index (χ1) is 5.88. The summed E-state index contributed by atoms with van der Waals surface area (Å²) in [5.41, 5.74) is 6.60. The first kappa shape index (κ1) is 16.9. The van der Waals surface area contributed by atoms with Crippen molar-refractivity contribution in [2.75, 3.05) is 18.6 Å². The van der Waals surface area contributed by atoms with E-state index in [0.29, 0.717) is 0 Å². The number of nitrogens with two attached hydrogens (primary N) is 1. The highest BCUT2D eigenvalue weighted by Gasteiger charge is 2.02. The third-order valence-electron chi connectivity index (χ3n) is 1.38. The number of H-pyrrole nitrogens is 1. The molecule has 84 valence electrons. The second-order valence-corrected chi connectivity index (χ2v) is 4.13. The van der Waals surface area contributed by atoms with Crippen LogP contribution in [0, 0.1) is 0 Å². The number of nitrogens with one attached hydrogen (secondary N) is 1. The minimum Gasteiger partial charge on any atom is -0.347 e. The van der Waals surface area contributed by atoms with Gasteiger partial charge in [0.2, 0.25) is 0 Å². The Bertz CT molecular complexity index is 232. The van der Waals surface area contributed by atoms with Gasteiger partial charge in [0, 0.05) is 18.1 Å². The van der Waals surface area contributed by atoms with Crippen LogP contribution < -0.4 is 5.73 Å². The van der Waals surface area contributed by atoms with Crippen molar-refractivity contribution in [3.8, 4) is 0 Å². The van der Waals surface area contributed by atoms with Crippen molar-refractivity contribution in [3.05, 3.63) is 12.0 Å². The lowest BCUT2D eigenvalue weighted by atomic mass is 10.6. The van der Waals surface area contributed by atoms with Crippen LogP contribution in [0.15, 0.2) is 11.4 Å². The summed E-state index contributed by atoms with van der Waals surface area (Å²) in [6, 6.07) is 0. The lowest BCUT2D eigenvalue weighted by molar-refractivity contribution is 1.12. The molecule has 1 aromatic rings. The van der Waals surface area contributed by atoms with Crippen LogP contribution in [-0.2, 0) is 5.75 Å². The number of halogens is 2. The maximum absolute atomic E-state index is 5.39. The van der Waals surface area contributed by atoms with Crippen LogP contribution in [-0.4, -0.2) is 28.5 Å². The van der Waals surface area contributed by atoms with Gasteiger partial charge in [0.15, 0.2) is 0 Å². The molecule has 0 radical (unpaired) electrons. The molecule has 0 fully saturated rings. The van der Waals surface area contributed by atoms with Gasteiger partial charge in [0.1, 0.15) is 5.03 Å². The Labute approximate surface area is 105 Å². The molecule has 0 aliphatic carbocycles. The van der Waals surface area contributed by atoms with E-state index in [9.17, 15) is 0 Å². The van der Waals surface area contributed by atoms with E-state index in [1.165, 1.54) is 5.69 Å². The molecule has 0 atom stereocenters. The van der Waals surface area contributed by atoms with Gasteiger partial charge in [-0.25, -0.2) is 4.98 Å². The molecule has 1 heterocycles. The monoisotopic (exact) mass is 275 g/mol. The Morgan fingerprint density at radius 1 is 1.50 bits per heavy atom. The van der Waals surface area contributed by atoms with Crippen molar-refractivity contribution in [1.29, 1.82) is 0 Å². The molecule has 7 heteroatoms. The zero-order chi connectivity index (χ0) is 8.81. The van der Waals surface area contributed by atoms with Gasteiger partial charge in [0.25, 0.3) is 0 Å². The highest BCUT2D eigenvalue weighted by molar-refractivity contribution is 7.99. The number of thioether (sulfide) groups is 2. The van der Waals surface area contributed by atoms with E-state index in [1.807, 2.05) is 18.0 Å². The first-order valence-corrected chi connectivity index (χ1v) is 6.10. The zero-order valence-electron chi connectivity index (χ0n) is 7.86. The summed E-state index contributed by atoms with van der Waals surface area (Å²) in [5, 5.41) is 1.10. The van der Waals surface area contributed by atoms with Crippen LogP contribution in [0.1, 0.15) is 5.69 Å². The average molecular weight is 276 g/mol. The SMILES string of the molecule is CSc1nc[nH]c1CSCCN.Cl.Cl. The first-order valence-electron chi connectivity index (χ1n) is 3.72. The van der Waals surface area contributed by atoms with E-state index < -0.39 is 0 Å². The third kappa shape index (κ3) is 5.36. The fraction of sp³-hybridized carbons (Fsp3) is 0.571. The summed E-state index contributed by atoms with van der Waals surface area (Å²) in [6.07, 6.45) is 3.78. The van der Waals surface area contributed by atoms with Gasteiger partial charge in [-0.3, -0.25) is 0 Å². The summed E-state index contributed by atoms with van der Waals surface area (Å²) in [7, 11) is 0. The summed E-state index contributed by atoms with van der Waals surface area (Å²) >= 11 is 3.50. The van der Waals surface area contributed by atoms with Crippen LogP contribution in [0.5, 0.6) is 0 Å². The van der Waals surface area contributed by atoms with Crippen LogP contribution >= 0.6 is 48.3 Å². The van der Waals surface area contributed by atoms with Crippen molar-refractivity contribution >= 4 is 48.3 Å². The quantitative estimate of drug-likeness (QED) is 0.639. The highest BCUT2D eigenvalue weighted by atomic mass is 35.5. The number of rotatable bonds is 5. The van der Waals surface area contributed by atoms with E-state index in [2.05, 4.69) is 9.97 Å². The van der Waals surface area contributed by atoms with Crippen LogP contribution in [0.25, 0.3) is 0 Å². The molecular weight excluding hydrogens is 261 g/mol. The standard InChI is InChI=1S/C7H13N3S2.2ClH/c1-11-7-6(9-5-10-7)4-12-3-2-8;;/h5H,2-4,8H2,1H3,(H,9,10);2*1H. The van der Waals surface area contributed by atoms with Gasteiger partial charge in [-0.05, 0) is 6.26 Å². The minimum atomic E-state index is 0. The molecule has 3 nitrogen and oxygen atoms in total. The lowest BCUT2D eigenvalue weighted by Crippen LogP contribution is -2.01. The van der Waals surface area contributed by atoms with Gasteiger partial charge in [-0.1, -0.05) is 0 Å². The topological polar surface area (TPSA) is 54.7 Å². The summed E-state index contributed by atoms with van der Waals surface area (Å²) in [5.74, 6) is 1.99. The highest BCUT2D eigenvalue weighted by Crippen LogP contribution is 2.19. The maximum atomic E-state index is 5.39. The summed E-state index contributed by atoms with van der Waals surface area (Å²) < 4.78 is 0. The fourth-order valence-corrected chi connectivity index (χ4v) is 2.21. The molecule has 3 N–H and O–H groups in total. The van der Waals surface area contributed by atoms with Gasteiger partial charge >= 0.3 is 0 Å². The Kier molecular flexibility index (Phi) is 12.0. The number of nitrogens with zero attached hydrogens (tertiary/aromatic N) is 1. The predicted octanol–water partition coefficient (Wildman–Crippen LogP) is 2.17. The molecule has 0 saturated carbocycles. The van der Waals surface area contributed by atoms with E-state index in [-0.39, 0.29) is 24.8 Å². The molecule has 0 bridgehead atoms. The number of aromatic nitrogens is 2. The Morgan fingerprint density at radius 2 is 2.21 bits per heavy atom. The number of hydrogen-bond acceptors (Lipinski definition) is 4. The van der Waals surface area contributed by atoms with E-state index in [0.717, 1.165) is 23.1 Å². The Morgan fingerprint density at radius 3 is 2.79 bits per heavy atom. The average Bonchev–Trinajstić information content (AvgIpc) is 2.52. The van der Waals surface area contributed by atoms with Crippen LogP contribution in [0.4, 0.5) is 0 Å². The Balaban J connectivity index is 0. The largest absolute Gasteiger partial charge is 0.347 e. The third-order valence-corrected chi connectivity index (χ3v) is 3.14. The Hall–Kier alpha value is 0.450. The number of hydrogen-bond donors (Lipinski definition) is 2. The molecule has 1 rings (SSSR count). The van der Waals surface area contributed by atoms with Crippen molar-refractivity contribution in [3.63, 3.8) is 0 Å². The number of aromatic amines is 1. The predicted molar refractivity (Wildman–Crippen MR) is 70.1 cm³/mol. The molecule has 14 heavy (non-hydrogen) atoms.